The number of carbonyl (C=O) groups is 1. The van der Waals surface area contributed by atoms with Crippen molar-refractivity contribution in [1.29, 1.82) is 0 Å². The highest BCUT2D eigenvalue weighted by Crippen LogP contribution is 2.65. The van der Waals surface area contributed by atoms with Crippen LogP contribution in [0, 0.1) is 0 Å². The molecule has 2 aliphatic heterocycles. The van der Waals surface area contributed by atoms with E-state index in [1.807, 2.05) is 44.9 Å². The first-order valence-electron chi connectivity index (χ1n) is 11.7. The van der Waals surface area contributed by atoms with Crippen LogP contribution in [0.2, 0.25) is 0 Å². The maximum absolute atomic E-state index is 12.7. The van der Waals surface area contributed by atoms with Gasteiger partial charge in [-0.2, -0.15) is 0 Å². The van der Waals surface area contributed by atoms with Crippen molar-refractivity contribution >= 4 is 28.0 Å². The van der Waals surface area contributed by atoms with Crippen LogP contribution in [0.3, 0.4) is 0 Å². The van der Waals surface area contributed by atoms with E-state index in [-0.39, 0.29) is 5.92 Å². The van der Waals surface area contributed by atoms with Crippen LogP contribution in [0.4, 0.5) is 4.79 Å². The first-order valence-corrected chi connectivity index (χ1v) is 12.5. The van der Waals surface area contributed by atoms with Crippen LogP contribution in [-0.2, 0) is 16.7 Å². The lowest BCUT2D eigenvalue weighted by molar-refractivity contribution is 0.00854. The van der Waals surface area contributed by atoms with Crippen molar-refractivity contribution in [3.63, 3.8) is 0 Å². The largest absolute Gasteiger partial charge is 0.483 e. The Hall–Kier alpha value is -2.80. The Balaban J connectivity index is 1.53. The Labute approximate surface area is 208 Å². The summed E-state index contributed by atoms with van der Waals surface area (Å²) in [6.45, 7) is 5.56. The van der Waals surface area contributed by atoms with Gasteiger partial charge in [-0.25, -0.2) is 9.79 Å². The Bertz CT molecular complexity index is 1280. The van der Waals surface area contributed by atoms with Crippen molar-refractivity contribution in [2.45, 2.75) is 62.7 Å². The van der Waals surface area contributed by atoms with Crippen LogP contribution in [0.25, 0.3) is 0 Å². The fourth-order valence-corrected chi connectivity index (χ4v) is 6.47. The van der Waals surface area contributed by atoms with Gasteiger partial charge in [-0.15, -0.1) is 0 Å². The van der Waals surface area contributed by atoms with Crippen molar-refractivity contribution in [3.05, 3.63) is 75.4 Å². The number of benzene rings is 2. The van der Waals surface area contributed by atoms with Gasteiger partial charge in [0.25, 0.3) is 0 Å². The molecular weight excluding hydrogens is 494 g/mol. The molecule has 2 aliphatic carbocycles. The molecule has 6 nitrogen and oxygen atoms in total. The third-order valence-electron chi connectivity index (χ3n) is 7.39. The summed E-state index contributed by atoms with van der Waals surface area (Å²) >= 11 is 3.66. The molecule has 34 heavy (non-hydrogen) atoms. The highest BCUT2D eigenvalue weighted by atomic mass is 79.9. The monoisotopic (exact) mass is 521 g/mol. The Morgan fingerprint density at radius 2 is 2.06 bits per heavy atom. The Morgan fingerprint density at radius 3 is 2.85 bits per heavy atom. The van der Waals surface area contributed by atoms with E-state index in [2.05, 4.69) is 57.7 Å². The lowest BCUT2D eigenvalue weighted by Crippen LogP contribution is -2.54. The molecule has 176 valence electrons. The van der Waals surface area contributed by atoms with E-state index in [1.165, 1.54) is 11.1 Å². The molecule has 4 aliphatic rings. The van der Waals surface area contributed by atoms with E-state index in [0.717, 1.165) is 40.7 Å². The van der Waals surface area contributed by atoms with Gasteiger partial charge in [0.2, 0.25) is 5.96 Å². The predicted molar refractivity (Wildman–Crippen MR) is 134 cm³/mol. The molecule has 2 spiro atoms. The molecule has 6 rings (SSSR count). The topological polar surface area (TPSA) is 63.2 Å². The molecule has 0 fully saturated rings. The van der Waals surface area contributed by atoms with E-state index in [0.29, 0.717) is 5.96 Å². The van der Waals surface area contributed by atoms with E-state index in [9.17, 15) is 4.79 Å². The molecule has 2 aromatic rings. The molecule has 0 saturated heterocycles. The SMILES string of the molecule is CN1C2=CC3CC4(CCc5ccccc53)Oc3ccc(Br)cc3C24N=C1NC(=O)OC(C)(C)C. The lowest BCUT2D eigenvalue weighted by Gasteiger charge is -2.45. The highest BCUT2D eigenvalue weighted by Gasteiger charge is 2.68. The number of halogens is 1. The van der Waals surface area contributed by atoms with E-state index < -0.39 is 22.8 Å². The molecule has 3 unspecified atom stereocenters. The van der Waals surface area contributed by atoms with Crippen LogP contribution < -0.4 is 10.1 Å². The smallest absolute Gasteiger partial charge is 0.414 e. The van der Waals surface area contributed by atoms with Gasteiger partial charge in [-0.05, 0) is 62.9 Å². The minimum atomic E-state index is -0.732. The van der Waals surface area contributed by atoms with Crippen LogP contribution in [0.15, 0.2) is 63.7 Å². The predicted octanol–water partition coefficient (Wildman–Crippen LogP) is 5.62. The summed E-state index contributed by atoms with van der Waals surface area (Å²) in [5.41, 5.74) is 2.92. The second kappa shape index (κ2) is 7.11. The average Bonchev–Trinajstić information content (AvgIpc) is 3.14. The molecule has 2 aromatic carbocycles. The first kappa shape index (κ1) is 21.7. The Morgan fingerprint density at radius 1 is 1.26 bits per heavy atom. The zero-order valence-corrected chi connectivity index (χ0v) is 21.4. The van der Waals surface area contributed by atoms with Crippen molar-refractivity contribution in [3.8, 4) is 5.75 Å². The van der Waals surface area contributed by atoms with E-state index >= 15 is 0 Å². The quantitative estimate of drug-likeness (QED) is 0.488. The number of aryl methyl sites for hydroxylation is 1. The molecule has 2 heterocycles. The maximum atomic E-state index is 12.7. The molecule has 1 N–H and O–H groups in total. The maximum Gasteiger partial charge on any atom is 0.414 e. The number of nitrogens with one attached hydrogen (secondary N) is 1. The summed E-state index contributed by atoms with van der Waals surface area (Å²) in [6, 6.07) is 14.8. The number of allylic oxidation sites excluding steroid dienone is 1. The number of fused-ring (bicyclic) bond motifs is 4. The number of hydrogen-bond acceptors (Lipinski definition) is 5. The molecule has 3 atom stereocenters. The number of likely N-dealkylation sites (N-methyl/N-ethyl adjacent to an activating group) is 1. The minimum absolute atomic E-state index is 0.207. The van der Waals surface area contributed by atoms with E-state index in [1.54, 1.807) is 0 Å². The number of rotatable bonds is 0. The summed E-state index contributed by atoms with van der Waals surface area (Å²) in [7, 11) is 1.96. The van der Waals surface area contributed by atoms with E-state index in [4.69, 9.17) is 14.5 Å². The van der Waals surface area contributed by atoms with Crippen molar-refractivity contribution < 1.29 is 14.3 Å². The first-order chi connectivity index (χ1) is 16.1. The molecular formula is C27H28BrN3O3. The Kier molecular flexibility index (Phi) is 4.54. The van der Waals surface area contributed by atoms with Gasteiger partial charge in [0.05, 0.1) is 5.70 Å². The van der Waals surface area contributed by atoms with Gasteiger partial charge < -0.3 is 14.4 Å². The van der Waals surface area contributed by atoms with Gasteiger partial charge in [0, 0.05) is 29.4 Å². The van der Waals surface area contributed by atoms with Crippen molar-refractivity contribution in [2.24, 2.45) is 4.99 Å². The number of amides is 1. The second-order valence-electron chi connectivity index (χ2n) is 10.6. The van der Waals surface area contributed by atoms with Gasteiger partial charge in [0.15, 0.2) is 5.54 Å². The number of nitrogens with zero attached hydrogens (tertiary/aromatic N) is 2. The molecule has 2 bridgehead atoms. The second-order valence-corrected chi connectivity index (χ2v) is 11.5. The summed E-state index contributed by atoms with van der Waals surface area (Å²) in [6.07, 6.45) is 4.40. The van der Waals surface area contributed by atoms with Crippen molar-refractivity contribution in [1.82, 2.24) is 10.2 Å². The fourth-order valence-electron chi connectivity index (χ4n) is 6.11. The van der Waals surface area contributed by atoms with Crippen LogP contribution in [0.1, 0.15) is 56.2 Å². The molecule has 1 amide bonds. The molecule has 0 saturated carbocycles. The van der Waals surface area contributed by atoms with Gasteiger partial charge >= 0.3 is 6.09 Å². The van der Waals surface area contributed by atoms with Gasteiger partial charge in [-0.3, -0.25) is 5.32 Å². The van der Waals surface area contributed by atoms with Crippen LogP contribution in [0.5, 0.6) is 5.75 Å². The molecule has 0 aromatic heterocycles. The van der Waals surface area contributed by atoms with Crippen LogP contribution >= 0.6 is 15.9 Å². The summed E-state index contributed by atoms with van der Waals surface area (Å²) in [4.78, 5) is 20.0. The summed E-state index contributed by atoms with van der Waals surface area (Å²) in [5.74, 6) is 1.55. The minimum Gasteiger partial charge on any atom is -0.483 e. The lowest BCUT2D eigenvalue weighted by atomic mass is 9.65. The summed E-state index contributed by atoms with van der Waals surface area (Å²) < 4.78 is 13.4. The van der Waals surface area contributed by atoms with Gasteiger partial charge in [0.1, 0.15) is 17.0 Å². The molecule has 7 heteroatoms. The number of aliphatic imine (C=N–C) groups is 1. The number of alkyl carbamates (subject to hydrolysis) is 1. The third-order valence-corrected chi connectivity index (χ3v) is 7.89. The number of ether oxygens (including phenoxy) is 2. The van der Waals surface area contributed by atoms with Crippen LogP contribution in [-0.4, -0.2) is 35.2 Å². The van der Waals surface area contributed by atoms with Crippen molar-refractivity contribution in [2.75, 3.05) is 7.05 Å². The third kappa shape index (κ3) is 2.98. The summed E-state index contributed by atoms with van der Waals surface area (Å²) in [5, 5.41) is 2.91. The normalized spacial score (nSPS) is 28.4. The highest BCUT2D eigenvalue weighted by molar-refractivity contribution is 9.10. The fraction of sp³-hybridized carbons (Fsp3) is 0.407. The van der Waals surface area contributed by atoms with Gasteiger partial charge in [-0.1, -0.05) is 46.3 Å². The number of hydrogen-bond donors (Lipinski definition) is 1. The average molecular weight is 522 g/mol. The molecule has 0 radical (unpaired) electrons. The number of carbonyl (C=O) groups excluding carboxylic acids is 1. The number of guanidine groups is 1. The zero-order valence-electron chi connectivity index (χ0n) is 19.8. The zero-order chi connectivity index (χ0) is 23.9. The standard InChI is InChI=1S/C27H28BrN3O3/c1-25(2,3)34-24(32)29-23-30-27-20-14-18(28)9-10-21(20)33-26(27)12-11-16-7-5-6-8-19(16)17(15-26)13-22(27)31(23)4/h5-10,13-14,17H,11-12,15H2,1-4H3,(H,29,30,32).